The van der Waals surface area contributed by atoms with E-state index in [9.17, 15) is 0 Å². The van der Waals surface area contributed by atoms with E-state index >= 15 is 0 Å². The van der Waals surface area contributed by atoms with Gasteiger partial charge in [0.05, 0.1) is 24.6 Å². The summed E-state index contributed by atoms with van der Waals surface area (Å²) in [6.07, 6.45) is 0. The molecule has 0 bridgehead atoms. The third-order valence-electron chi connectivity index (χ3n) is 2.93. The Labute approximate surface area is 110 Å². The lowest BCUT2D eigenvalue weighted by Crippen LogP contribution is -2.36. The summed E-state index contributed by atoms with van der Waals surface area (Å²) in [5.41, 5.74) is 7.88. The maximum atomic E-state index is 6.17. The highest BCUT2D eigenvalue weighted by Crippen LogP contribution is 2.33. The number of ether oxygens (including phenoxy) is 2. The van der Waals surface area contributed by atoms with Crippen LogP contribution < -0.4 is 15.4 Å². The van der Waals surface area contributed by atoms with Gasteiger partial charge in [-0.3, -0.25) is 0 Å². The van der Waals surface area contributed by atoms with Crippen LogP contribution in [0.15, 0.2) is 18.2 Å². The molecule has 0 amide bonds. The summed E-state index contributed by atoms with van der Waals surface area (Å²) in [7, 11) is 1.71. The van der Waals surface area contributed by atoms with E-state index in [0.29, 0.717) is 18.9 Å². The minimum atomic E-state index is 0.277. The Morgan fingerprint density at radius 1 is 1.33 bits per heavy atom. The van der Waals surface area contributed by atoms with Crippen LogP contribution in [-0.2, 0) is 4.74 Å². The summed E-state index contributed by atoms with van der Waals surface area (Å²) in [4.78, 5) is 2.22. The van der Waals surface area contributed by atoms with E-state index < -0.39 is 0 Å². The first-order valence-corrected chi connectivity index (χ1v) is 6.42. The van der Waals surface area contributed by atoms with E-state index in [1.165, 1.54) is 0 Å². The Bertz CT molecular complexity index is 369. The van der Waals surface area contributed by atoms with Crippen LogP contribution in [0, 0.1) is 0 Å². The average Bonchev–Trinajstić information content (AvgIpc) is 2.35. The number of benzene rings is 1. The van der Waals surface area contributed by atoms with Gasteiger partial charge in [-0.25, -0.2) is 0 Å². The van der Waals surface area contributed by atoms with Crippen molar-refractivity contribution in [1.29, 1.82) is 0 Å². The SMILES string of the molecule is CCOc1cccc(N(CC)C(C)COC)c1N. The van der Waals surface area contributed by atoms with Gasteiger partial charge in [-0.2, -0.15) is 0 Å². The molecule has 1 aromatic carbocycles. The molecule has 0 aliphatic heterocycles. The zero-order valence-corrected chi connectivity index (χ0v) is 11.8. The number of nitrogens with zero attached hydrogens (tertiary/aromatic N) is 1. The summed E-state index contributed by atoms with van der Waals surface area (Å²) >= 11 is 0. The van der Waals surface area contributed by atoms with Crippen molar-refractivity contribution in [1.82, 2.24) is 0 Å². The van der Waals surface area contributed by atoms with Gasteiger partial charge < -0.3 is 20.1 Å². The second-order valence-corrected chi connectivity index (χ2v) is 4.21. The minimum Gasteiger partial charge on any atom is -0.492 e. The predicted molar refractivity (Wildman–Crippen MR) is 76.4 cm³/mol. The molecule has 0 saturated heterocycles. The third-order valence-corrected chi connectivity index (χ3v) is 2.93. The van der Waals surface area contributed by atoms with Gasteiger partial charge in [0.15, 0.2) is 0 Å². The summed E-state index contributed by atoms with van der Waals surface area (Å²) < 4.78 is 10.7. The quantitative estimate of drug-likeness (QED) is 0.758. The first-order valence-electron chi connectivity index (χ1n) is 6.42. The molecule has 0 radical (unpaired) electrons. The minimum absolute atomic E-state index is 0.277. The summed E-state index contributed by atoms with van der Waals surface area (Å²) in [5.74, 6) is 0.748. The lowest BCUT2D eigenvalue weighted by Gasteiger charge is -2.31. The van der Waals surface area contributed by atoms with Crippen LogP contribution in [0.25, 0.3) is 0 Å². The number of anilines is 2. The lowest BCUT2D eigenvalue weighted by molar-refractivity contribution is 0.182. The summed E-state index contributed by atoms with van der Waals surface area (Å²) in [6.45, 7) is 8.36. The number of hydrogen-bond donors (Lipinski definition) is 1. The van der Waals surface area contributed by atoms with Gasteiger partial charge >= 0.3 is 0 Å². The van der Waals surface area contributed by atoms with Crippen LogP contribution in [0.5, 0.6) is 5.75 Å². The number of nitrogen functional groups attached to an aromatic ring is 1. The lowest BCUT2D eigenvalue weighted by atomic mass is 10.2. The average molecular weight is 252 g/mol. The molecule has 1 atom stereocenters. The smallest absolute Gasteiger partial charge is 0.144 e. The second kappa shape index (κ2) is 7.11. The Kier molecular flexibility index (Phi) is 5.78. The first-order chi connectivity index (χ1) is 8.65. The Hall–Kier alpha value is -1.42. The number of likely N-dealkylation sites (N-methyl/N-ethyl adjacent to an activating group) is 1. The maximum Gasteiger partial charge on any atom is 0.144 e. The molecule has 2 N–H and O–H groups in total. The molecule has 0 aliphatic rings. The fourth-order valence-corrected chi connectivity index (χ4v) is 2.11. The standard InChI is InChI=1S/C14H24N2O2/c1-5-16(11(3)10-17-4)12-8-7-9-13(14(12)15)18-6-2/h7-9,11H,5-6,10,15H2,1-4H3. The van der Waals surface area contributed by atoms with Gasteiger partial charge in [0.1, 0.15) is 5.75 Å². The number of para-hydroxylation sites is 1. The van der Waals surface area contributed by atoms with Crippen molar-refractivity contribution < 1.29 is 9.47 Å². The fraction of sp³-hybridized carbons (Fsp3) is 0.571. The molecule has 102 valence electrons. The van der Waals surface area contributed by atoms with Crippen LogP contribution >= 0.6 is 0 Å². The zero-order valence-electron chi connectivity index (χ0n) is 11.8. The molecule has 18 heavy (non-hydrogen) atoms. The summed E-state index contributed by atoms with van der Waals surface area (Å²) in [6, 6.07) is 6.17. The van der Waals surface area contributed by atoms with Crippen LogP contribution in [0.4, 0.5) is 11.4 Å². The highest BCUT2D eigenvalue weighted by atomic mass is 16.5. The van der Waals surface area contributed by atoms with E-state index in [1.54, 1.807) is 7.11 Å². The highest BCUT2D eigenvalue weighted by molar-refractivity contribution is 5.74. The zero-order chi connectivity index (χ0) is 13.5. The molecule has 0 fully saturated rings. The third kappa shape index (κ3) is 3.29. The van der Waals surface area contributed by atoms with Crippen LogP contribution in [0.3, 0.4) is 0 Å². The Morgan fingerprint density at radius 3 is 2.61 bits per heavy atom. The van der Waals surface area contributed by atoms with Gasteiger partial charge in [-0.1, -0.05) is 6.07 Å². The largest absolute Gasteiger partial charge is 0.492 e. The summed E-state index contributed by atoms with van der Waals surface area (Å²) in [5, 5.41) is 0. The molecule has 0 spiro atoms. The first kappa shape index (κ1) is 14.6. The van der Waals surface area contributed by atoms with Gasteiger partial charge in [-0.05, 0) is 32.9 Å². The van der Waals surface area contributed by atoms with E-state index in [-0.39, 0.29) is 6.04 Å². The molecule has 1 rings (SSSR count). The van der Waals surface area contributed by atoms with Crippen molar-refractivity contribution in [2.45, 2.75) is 26.8 Å². The molecule has 1 aromatic rings. The van der Waals surface area contributed by atoms with E-state index in [4.69, 9.17) is 15.2 Å². The Morgan fingerprint density at radius 2 is 2.06 bits per heavy atom. The van der Waals surface area contributed by atoms with Gasteiger partial charge in [0.2, 0.25) is 0 Å². The molecular formula is C14H24N2O2. The van der Waals surface area contributed by atoms with Crippen molar-refractivity contribution in [3.8, 4) is 5.75 Å². The molecular weight excluding hydrogens is 228 g/mol. The molecule has 0 saturated carbocycles. The number of methoxy groups -OCH3 is 1. The van der Waals surface area contributed by atoms with Gasteiger partial charge in [0.25, 0.3) is 0 Å². The highest BCUT2D eigenvalue weighted by Gasteiger charge is 2.17. The second-order valence-electron chi connectivity index (χ2n) is 4.21. The number of nitrogens with two attached hydrogens (primary N) is 1. The molecule has 4 heteroatoms. The molecule has 0 aromatic heterocycles. The molecule has 1 unspecified atom stereocenters. The normalized spacial score (nSPS) is 12.2. The Balaban J connectivity index is 3.01. The number of hydrogen-bond acceptors (Lipinski definition) is 4. The molecule has 0 heterocycles. The van der Waals surface area contributed by atoms with E-state index in [0.717, 1.165) is 18.0 Å². The fourth-order valence-electron chi connectivity index (χ4n) is 2.11. The molecule has 0 aliphatic carbocycles. The monoisotopic (exact) mass is 252 g/mol. The van der Waals surface area contributed by atoms with Crippen molar-refractivity contribution in [3.05, 3.63) is 18.2 Å². The molecule has 4 nitrogen and oxygen atoms in total. The van der Waals surface area contributed by atoms with Crippen molar-refractivity contribution >= 4 is 11.4 Å². The van der Waals surface area contributed by atoms with Gasteiger partial charge in [-0.15, -0.1) is 0 Å². The maximum absolute atomic E-state index is 6.17. The van der Waals surface area contributed by atoms with E-state index in [1.807, 2.05) is 25.1 Å². The number of rotatable bonds is 7. The van der Waals surface area contributed by atoms with E-state index in [2.05, 4.69) is 18.7 Å². The van der Waals surface area contributed by atoms with Crippen LogP contribution in [0.1, 0.15) is 20.8 Å². The van der Waals surface area contributed by atoms with Crippen molar-refractivity contribution in [2.24, 2.45) is 0 Å². The van der Waals surface area contributed by atoms with Gasteiger partial charge in [0, 0.05) is 19.7 Å². The van der Waals surface area contributed by atoms with Crippen molar-refractivity contribution in [3.63, 3.8) is 0 Å². The predicted octanol–water partition coefficient (Wildman–Crippen LogP) is 2.53. The van der Waals surface area contributed by atoms with Crippen LogP contribution in [-0.4, -0.2) is 32.9 Å². The topological polar surface area (TPSA) is 47.7 Å². The van der Waals surface area contributed by atoms with Crippen molar-refractivity contribution in [2.75, 3.05) is 37.5 Å². The van der Waals surface area contributed by atoms with Crippen LogP contribution in [0.2, 0.25) is 0 Å².